The minimum Gasteiger partial charge on any atom is -0.370 e. The van der Waals surface area contributed by atoms with Gasteiger partial charge in [-0.15, -0.1) is 0 Å². The first-order valence-electron chi connectivity index (χ1n) is 21.0. The molecule has 9 rings (SSSR count). The Morgan fingerprint density at radius 3 is 1.25 bits per heavy atom. The second-order valence-corrected chi connectivity index (χ2v) is 21.7. The van der Waals surface area contributed by atoms with Crippen LogP contribution in [0, 0.1) is 37.7 Å². The molecule has 0 unspecified atom stereocenters. The molecule has 5 aromatic carbocycles. The van der Waals surface area contributed by atoms with Gasteiger partial charge in [-0.2, -0.15) is 61.7 Å². The van der Waals surface area contributed by atoms with Crippen molar-refractivity contribution in [1.82, 2.24) is 0 Å². The number of rotatable bonds is 13. The summed E-state index contributed by atoms with van der Waals surface area (Å²) in [5, 5.41) is 0. The summed E-state index contributed by atoms with van der Waals surface area (Å²) in [5.74, 6) is 0.0541. The fourth-order valence-corrected chi connectivity index (χ4v) is 10.8. The molecule has 64 heavy (non-hydrogen) atoms. The maximum absolute atomic E-state index is 12.6. The molecule has 4 aliphatic rings. The van der Waals surface area contributed by atoms with Gasteiger partial charge >= 0.3 is 18.9 Å². The first-order valence-corrected chi connectivity index (χ1v) is 25.2. The van der Waals surface area contributed by atoms with Crippen molar-refractivity contribution in [2.45, 2.75) is 92.4 Å². The first kappa shape index (κ1) is 51.0. The van der Waals surface area contributed by atoms with Crippen LogP contribution in [0.3, 0.4) is 0 Å². The summed E-state index contributed by atoms with van der Waals surface area (Å²) in [6, 6.07) is 42.1. The Morgan fingerprint density at radius 2 is 0.906 bits per heavy atom. The number of benzene rings is 5. The normalized spacial score (nSPS) is 20.4. The van der Waals surface area contributed by atoms with E-state index in [1.54, 1.807) is 48.5 Å². The molecule has 2 saturated heterocycles. The van der Waals surface area contributed by atoms with Crippen LogP contribution in [0.1, 0.15) is 73.6 Å². The average Bonchev–Trinajstić information content (AvgIpc) is 3.30. The van der Waals surface area contributed by atoms with Crippen molar-refractivity contribution in [3.05, 3.63) is 162 Å². The molecule has 0 aromatic heterocycles. The Balaban J connectivity index is 0.000000212. The van der Waals surface area contributed by atoms with E-state index in [1.165, 1.54) is 29.8 Å². The Bertz CT molecular complexity index is 2460. The SMILES string of the molecule is Cc1ccc(S(=O)(=O)OCC2(COS(=O)(=O)c3ccc(C)cc3)CCC(=O)CC2)cc1.Cc1ccc(S(=O)(=O)OCC23CCC(c4ccccc4)(CC2)OC3)cc1.[Li+].[c-]1ccccc1. The third-order valence-electron chi connectivity index (χ3n) is 12.0. The van der Waals surface area contributed by atoms with E-state index in [9.17, 15) is 30.0 Å². The predicted molar refractivity (Wildman–Crippen MR) is 239 cm³/mol. The molecule has 2 heterocycles. The molecule has 0 N–H and O–H groups in total. The van der Waals surface area contributed by atoms with E-state index in [0.29, 0.717) is 19.4 Å². The maximum Gasteiger partial charge on any atom is 1.00 e. The van der Waals surface area contributed by atoms with Crippen LogP contribution >= 0.6 is 0 Å². The van der Waals surface area contributed by atoms with Gasteiger partial charge in [-0.25, -0.2) is 0 Å². The second kappa shape index (κ2) is 22.0. The van der Waals surface area contributed by atoms with Crippen molar-refractivity contribution in [3.8, 4) is 0 Å². The molecule has 0 radical (unpaired) electrons. The zero-order valence-electron chi connectivity index (χ0n) is 36.9. The summed E-state index contributed by atoms with van der Waals surface area (Å²) in [5.41, 5.74) is 2.76. The molecule has 0 spiro atoms. The van der Waals surface area contributed by atoms with Crippen molar-refractivity contribution in [2.75, 3.05) is 26.4 Å². The molecule has 336 valence electrons. The van der Waals surface area contributed by atoms with Crippen LogP contribution in [0.4, 0.5) is 0 Å². The van der Waals surface area contributed by atoms with Crippen LogP contribution in [0.5, 0.6) is 0 Å². The van der Waals surface area contributed by atoms with Gasteiger partial charge in [0.1, 0.15) is 5.78 Å². The minimum atomic E-state index is -4.03. The van der Waals surface area contributed by atoms with Crippen LogP contribution in [0.2, 0.25) is 0 Å². The molecule has 2 saturated carbocycles. The smallest absolute Gasteiger partial charge is 0.370 e. The van der Waals surface area contributed by atoms with Gasteiger partial charge in [0.15, 0.2) is 0 Å². The molecule has 11 nitrogen and oxygen atoms in total. The van der Waals surface area contributed by atoms with Gasteiger partial charge in [0, 0.05) is 23.7 Å². The summed E-state index contributed by atoms with van der Waals surface area (Å²) in [6.07, 6.45) is 4.69. The molecule has 0 amide bonds. The number of ketones is 1. The molecular formula is C49H55LiO11S3. The molecular weight excluding hydrogens is 868 g/mol. The summed E-state index contributed by atoms with van der Waals surface area (Å²) < 4.78 is 97.7. The molecule has 5 aromatic rings. The Labute approximate surface area is 391 Å². The molecule has 2 bridgehead atoms. The van der Waals surface area contributed by atoms with Gasteiger partial charge in [-0.1, -0.05) is 83.4 Å². The van der Waals surface area contributed by atoms with E-state index in [1.807, 2.05) is 69.3 Å². The van der Waals surface area contributed by atoms with Gasteiger partial charge in [-0.3, -0.25) is 17.3 Å². The van der Waals surface area contributed by atoms with Gasteiger partial charge in [0.25, 0.3) is 30.4 Å². The van der Waals surface area contributed by atoms with Gasteiger partial charge in [0.2, 0.25) is 0 Å². The zero-order valence-corrected chi connectivity index (χ0v) is 39.4. The van der Waals surface area contributed by atoms with Crippen molar-refractivity contribution in [3.63, 3.8) is 0 Å². The largest absolute Gasteiger partial charge is 1.00 e. The van der Waals surface area contributed by atoms with Crippen LogP contribution in [-0.2, 0) is 58.0 Å². The third-order valence-corrected chi connectivity index (χ3v) is 15.9. The number of ether oxygens (including phenoxy) is 1. The summed E-state index contributed by atoms with van der Waals surface area (Å²) in [4.78, 5) is 12.0. The summed E-state index contributed by atoms with van der Waals surface area (Å²) >= 11 is 0. The number of carbonyl (C=O) groups excluding carboxylic acids is 1. The number of aryl methyl sites for hydroxylation is 3. The van der Waals surface area contributed by atoms with Crippen molar-refractivity contribution in [1.29, 1.82) is 0 Å². The van der Waals surface area contributed by atoms with Gasteiger partial charge in [0.05, 0.1) is 46.7 Å². The molecule has 2 aliphatic carbocycles. The Kier molecular flexibility index (Phi) is 17.6. The monoisotopic (exact) mass is 922 g/mol. The van der Waals surface area contributed by atoms with Gasteiger partial charge in [-0.05, 0) is 101 Å². The van der Waals surface area contributed by atoms with E-state index < -0.39 is 35.8 Å². The van der Waals surface area contributed by atoms with Gasteiger partial charge < -0.3 is 4.74 Å². The molecule has 0 atom stereocenters. The first-order chi connectivity index (χ1) is 29.9. The topological polar surface area (TPSA) is 156 Å². The Hall–Kier alpha value is -3.94. The van der Waals surface area contributed by atoms with Crippen LogP contribution in [0.25, 0.3) is 0 Å². The van der Waals surface area contributed by atoms with E-state index in [2.05, 4.69) is 18.2 Å². The number of hydrogen-bond donors (Lipinski definition) is 0. The molecule has 2 aliphatic heterocycles. The van der Waals surface area contributed by atoms with Crippen LogP contribution in [0.15, 0.2) is 148 Å². The number of fused-ring (bicyclic) bond motifs is 3. The predicted octanol–water partition coefficient (Wildman–Crippen LogP) is 6.22. The fourth-order valence-electron chi connectivity index (χ4n) is 7.72. The van der Waals surface area contributed by atoms with Crippen LogP contribution in [-0.4, -0.2) is 57.5 Å². The number of Topliss-reactive ketones (excluding diaryl/α,β-unsaturated/α-hetero) is 1. The van der Waals surface area contributed by atoms with Crippen molar-refractivity contribution < 1.29 is 66.2 Å². The van der Waals surface area contributed by atoms with E-state index >= 15 is 0 Å². The summed E-state index contributed by atoms with van der Waals surface area (Å²) in [7, 11) is -11.8. The van der Waals surface area contributed by atoms with E-state index in [4.69, 9.17) is 17.3 Å². The minimum absolute atomic E-state index is 0. The molecule has 15 heteroatoms. The van der Waals surface area contributed by atoms with Crippen molar-refractivity contribution in [2.24, 2.45) is 10.8 Å². The molecule has 4 fully saturated rings. The number of carbonyl (C=O) groups is 1. The quantitative estimate of drug-likeness (QED) is 0.0751. The van der Waals surface area contributed by atoms with Crippen LogP contribution < -0.4 is 18.9 Å². The standard InChI is InChI=1S/C22H26O7S2.C21H24O4S.C6H5.Li/c1-17-3-7-20(8-4-17)30(24,25)28-15-22(13-11-19(23)12-14-22)16-29-31(26,27)21-9-5-18(2)6-10-21;1-17-7-9-19(10-8-17)26(22,23)25-16-20-11-13-21(14-12-20,24-15-20)18-5-3-2-4-6-18;1-2-4-6-5-3-1;/h3-10H,11-16H2,1-2H3;2-10H,11-16H2,1H3;1-5H;/q;;-1;+1. The summed E-state index contributed by atoms with van der Waals surface area (Å²) in [6.45, 7) is 5.82. The maximum atomic E-state index is 12.6. The average molecular weight is 923 g/mol. The Morgan fingerprint density at radius 1 is 0.516 bits per heavy atom. The number of hydrogen-bond acceptors (Lipinski definition) is 11. The van der Waals surface area contributed by atoms with E-state index in [-0.39, 0.29) is 83.0 Å². The van der Waals surface area contributed by atoms with E-state index in [0.717, 1.165) is 42.4 Å². The zero-order chi connectivity index (χ0) is 45.2. The second-order valence-electron chi connectivity index (χ2n) is 16.9. The fraction of sp³-hybridized carbons (Fsp3) is 0.367. The van der Waals surface area contributed by atoms with Crippen molar-refractivity contribution >= 4 is 36.1 Å². The third kappa shape index (κ3) is 13.6.